The Morgan fingerprint density at radius 3 is 0.756 bits per heavy atom. The molecule has 0 bridgehead atoms. The Hall–Kier alpha value is -3.41. The highest BCUT2D eigenvalue weighted by Gasteiger charge is 2.19. The molecule has 0 radical (unpaired) electrons. The van der Waals surface area contributed by atoms with Crippen molar-refractivity contribution in [1.82, 2.24) is 0 Å². The highest BCUT2D eigenvalue weighted by atomic mass is 16.6. The summed E-state index contributed by atoms with van der Waals surface area (Å²) in [4.78, 5) is 38.4. The van der Waals surface area contributed by atoms with Crippen LogP contribution in [0.2, 0.25) is 0 Å². The van der Waals surface area contributed by atoms with Gasteiger partial charge in [0.2, 0.25) is 0 Å². The van der Waals surface area contributed by atoms with Gasteiger partial charge >= 0.3 is 17.9 Å². The maximum Gasteiger partial charge on any atom is 0.306 e. The molecule has 0 fully saturated rings. The van der Waals surface area contributed by atoms with Gasteiger partial charge in [0.25, 0.3) is 0 Å². The predicted molar refractivity (Wildman–Crippen MR) is 358 cm³/mol. The summed E-state index contributed by atoms with van der Waals surface area (Å²) in [6.07, 6.45) is 93.2. The van der Waals surface area contributed by atoms with Gasteiger partial charge in [-0.2, -0.15) is 0 Å². The lowest BCUT2D eigenvalue weighted by molar-refractivity contribution is -0.167. The molecule has 0 spiro atoms. The largest absolute Gasteiger partial charge is 0.462 e. The number of ether oxygens (including phenoxy) is 3. The van der Waals surface area contributed by atoms with Gasteiger partial charge in [-0.3, -0.25) is 14.4 Å². The minimum absolute atomic E-state index is 0.0755. The Bertz CT molecular complexity index is 1550. The van der Waals surface area contributed by atoms with Crippen molar-refractivity contribution >= 4 is 17.9 Å². The van der Waals surface area contributed by atoms with Crippen LogP contribution in [0, 0.1) is 0 Å². The van der Waals surface area contributed by atoms with Crippen LogP contribution in [0.3, 0.4) is 0 Å². The Kier molecular flexibility index (Phi) is 67.2. The zero-order valence-corrected chi connectivity index (χ0v) is 54.5. The second-order valence-corrected chi connectivity index (χ2v) is 23.8. The molecule has 0 aliphatic carbocycles. The molecule has 474 valence electrons. The summed E-state index contributed by atoms with van der Waals surface area (Å²) in [6.45, 7) is 6.57. The first-order chi connectivity index (χ1) is 40.5. The van der Waals surface area contributed by atoms with E-state index in [4.69, 9.17) is 14.2 Å². The van der Waals surface area contributed by atoms with E-state index in [1.54, 1.807) is 0 Å². The quantitative estimate of drug-likeness (QED) is 0.0261. The fourth-order valence-corrected chi connectivity index (χ4v) is 10.3. The van der Waals surface area contributed by atoms with Gasteiger partial charge in [0, 0.05) is 19.3 Å². The molecule has 0 aromatic carbocycles. The minimum Gasteiger partial charge on any atom is -0.462 e. The molecule has 0 aromatic heterocycles. The van der Waals surface area contributed by atoms with E-state index in [0.29, 0.717) is 19.3 Å². The van der Waals surface area contributed by atoms with Gasteiger partial charge in [-0.05, 0) is 96.3 Å². The fraction of sp³-hybridized carbons (Fsp3) is 0.776. The van der Waals surface area contributed by atoms with Crippen LogP contribution < -0.4 is 0 Å². The van der Waals surface area contributed by atoms with E-state index in [0.717, 1.165) is 103 Å². The molecule has 6 heteroatoms. The highest BCUT2D eigenvalue weighted by molar-refractivity contribution is 5.71. The number of hydrogen-bond donors (Lipinski definition) is 0. The number of allylic oxidation sites excluding steroid dienone is 14. The Morgan fingerprint density at radius 2 is 0.476 bits per heavy atom. The summed E-state index contributed by atoms with van der Waals surface area (Å²) >= 11 is 0. The molecule has 0 rings (SSSR count). The molecule has 0 aliphatic heterocycles. The average molecular weight is 1140 g/mol. The second-order valence-electron chi connectivity index (χ2n) is 23.8. The molecule has 0 heterocycles. The molecule has 6 nitrogen and oxygen atoms in total. The van der Waals surface area contributed by atoms with Crippen LogP contribution in [0.25, 0.3) is 0 Å². The van der Waals surface area contributed by atoms with E-state index in [1.165, 1.54) is 218 Å². The Labute approximate surface area is 509 Å². The first kappa shape index (κ1) is 78.6. The van der Waals surface area contributed by atoms with Crippen molar-refractivity contribution in [3.63, 3.8) is 0 Å². The summed E-state index contributed by atoms with van der Waals surface area (Å²) in [5.41, 5.74) is 0. The van der Waals surface area contributed by atoms with Gasteiger partial charge in [-0.15, -0.1) is 0 Å². The lowest BCUT2D eigenvalue weighted by Gasteiger charge is -2.18. The van der Waals surface area contributed by atoms with Gasteiger partial charge in [0.05, 0.1) is 0 Å². The Morgan fingerprint density at radius 1 is 0.256 bits per heavy atom. The van der Waals surface area contributed by atoms with Crippen molar-refractivity contribution in [3.8, 4) is 0 Å². The normalized spacial score (nSPS) is 12.6. The topological polar surface area (TPSA) is 78.9 Å². The first-order valence-electron chi connectivity index (χ1n) is 35.6. The van der Waals surface area contributed by atoms with Gasteiger partial charge in [-0.1, -0.05) is 331 Å². The fourth-order valence-electron chi connectivity index (χ4n) is 10.3. The molecule has 82 heavy (non-hydrogen) atoms. The van der Waals surface area contributed by atoms with Crippen molar-refractivity contribution < 1.29 is 28.6 Å². The summed E-state index contributed by atoms with van der Waals surface area (Å²) in [5.74, 6) is -0.864. The number of esters is 3. The molecule has 0 N–H and O–H groups in total. The van der Waals surface area contributed by atoms with Crippen molar-refractivity contribution in [3.05, 3.63) is 85.1 Å². The molecule has 0 saturated carbocycles. The third-order valence-electron chi connectivity index (χ3n) is 15.6. The highest BCUT2D eigenvalue weighted by Crippen LogP contribution is 2.18. The molecular weight excluding hydrogens is 1010 g/mol. The molecule has 0 aromatic rings. The van der Waals surface area contributed by atoms with Gasteiger partial charge in [-0.25, -0.2) is 0 Å². The SMILES string of the molecule is CC/C=C\C/C=C\C/C=C\C/C=C\C/C=C\C/C=C\CCCCCCCCCCCCCCC(=O)OCC(COC(=O)CCCCCCC/C=C\CCCCCCCCC)OC(=O)CCCCCCCCCCCCCCCCCCC. The number of rotatable bonds is 65. The van der Waals surface area contributed by atoms with Crippen LogP contribution in [0.4, 0.5) is 0 Å². The van der Waals surface area contributed by atoms with Crippen LogP contribution in [0.15, 0.2) is 85.1 Å². The van der Waals surface area contributed by atoms with Crippen molar-refractivity contribution in [2.24, 2.45) is 0 Å². The number of hydrogen-bond acceptors (Lipinski definition) is 6. The maximum atomic E-state index is 12.9. The third kappa shape index (κ3) is 67.4. The van der Waals surface area contributed by atoms with E-state index in [-0.39, 0.29) is 31.1 Å². The average Bonchev–Trinajstić information content (AvgIpc) is 3.48. The van der Waals surface area contributed by atoms with Crippen LogP contribution in [0.5, 0.6) is 0 Å². The van der Waals surface area contributed by atoms with Gasteiger partial charge < -0.3 is 14.2 Å². The molecule has 0 amide bonds. The summed E-state index contributed by atoms with van der Waals surface area (Å²) in [6, 6.07) is 0. The van der Waals surface area contributed by atoms with E-state index in [2.05, 4.69) is 106 Å². The number of carbonyl (C=O) groups is 3. The van der Waals surface area contributed by atoms with Crippen LogP contribution >= 0.6 is 0 Å². The molecular formula is C76H134O6. The number of unbranched alkanes of at least 4 members (excludes halogenated alkanes) is 40. The van der Waals surface area contributed by atoms with Crippen LogP contribution in [0.1, 0.15) is 361 Å². The van der Waals surface area contributed by atoms with Crippen molar-refractivity contribution in [1.29, 1.82) is 0 Å². The zero-order chi connectivity index (χ0) is 59.2. The Balaban J connectivity index is 4.26. The van der Waals surface area contributed by atoms with E-state index in [9.17, 15) is 14.4 Å². The summed E-state index contributed by atoms with van der Waals surface area (Å²) in [7, 11) is 0. The maximum absolute atomic E-state index is 12.9. The van der Waals surface area contributed by atoms with Crippen molar-refractivity contribution in [2.45, 2.75) is 367 Å². The number of carbonyl (C=O) groups excluding carboxylic acids is 3. The van der Waals surface area contributed by atoms with E-state index >= 15 is 0 Å². The van der Waals surface area contributed by atoms with Crippen LogP contribution in [-0.2, 0) is 28.6 Å². The standard InChI is InChI=1S/C76H134O6/c1-4-7-10-13-16-19-22-25-28-31-32-33-34-35-36-37-38-39-40-41-42-43-44-46-48-51-54-57-60-63-66-69-75(78)81-72-73(71-80-74(77)68-65-62-59-56-53-50-47-30-27-24-21-18-15-12-9-6-3)82-76(79)70-67-64-61-58-55-52-49-45-29-26-23-20-17-14-11-8-5-2/h7,10,16,19,25,28,30,32-33,35-36,38-39,47,73H,4-6,8-9,11-15,17-18,20-24,26-27,29,31,34,37,40-46,48-72H2,1-3H3/b10-7-,19-16-,28-25-,33-32-,36-35-,39-38-,47-30-. The molecule has 1 atom stereocenters. The molecule has 0 saturated heterocycles. The summed E-state index contributed by atoms with van der Waals surface area (Å²) in [5, 5.41) is 0. The predicted octanol–water partition coefficient (Wildman–Crippen LogP) is 24.6. The zero-order valence-electron chi connectivity index (χ0n) is 54.5. The lowest BCUT2D eigenvalue weighted by Crippen LogP contribution is -2.30. The van der Waals surface area contributed by atoms with Gasteiger partial charge in [0.1, 0.15) is 13.2 Å². The summed E-state index contributed by atoms with van der Waals surface area (Å²) < 4.78 is 17.0. The van der Waals surface area contributed by atoms with Crippen molar-refractivity contribution in [2.75, 3.05) is 13.2 Å². The third-order valence-corrected chi connectivity index (χ3v) is 15.6. The monoisotopic (exact) mass is 1140 g/mol. The van der Waals surface area contributed by atoms with E-state index in [1.807, 2.05) is 0 Å². The minimum atomic E-state index is -0.779. The van der Waals surface area contributed by atoms with Gasteiger partial charge in [0.15, 0.2) is 6.10 Å². The lowest BCUT2D eigenvalue weighted by atomic mass is 10.0. The second kappa shape index (κ2) is 70.1. The molecule has 0 aliphatic rings. The smallest absolute Gasteiger partial charge is 0.306 e. The van der Waals surface area contributed by atoms with E-state index < -0.39 is 6.10 Å². The first-order valence-corrected chi connectivity index (χ1v) is 35.6. The van der Waals surface area contributed by atoms with Crippen LogP contribution in [-0.4, -0.2) is 37.2 Å². The molecule has 1 unspecified atom stereocenters.